The highest BCUT2D eigenvalue weighted by molar-refractivity contribution is 9.11. The van der Waals surface area contributed by atoms with Gasteiger partial charge in [-0.05, 0) is 63.0 Å². The lowest BCUT2D eigenvalue weighted by Gasteiger charge is -2.19. The summed E-state index contributed by atoms with van der Waals surface area (Å²) in [5.41, 5.74) is 0.585. The number of nitrogens with zero attached hydrogens (tertiary/aromatic N) is 4. The van der Waals surface area contributed by atoms with Gasteiger partial charge in [-0.1, -0.05) is 27.5 Å². The highest BCUT2D eigenvalue weighted by atomic mass is 79.9. The Bertz CT molecular complexity index is 1230. The first-order valence-electron chi connectivity index (χ1n) is 9.00. The molecule has 0 spiro atoms. The molecule has 0 saturated heterocycles. The van der Waals surface area contributed by atoms with E-state index in [4.69, 9.17) is 11.6 Å². The molecule has 1 N–H and O–H groups in total. The molecule has 12 heteroatoms. The van der Waals surface area contributed by atoms with E-state index >= 15 is 0 Å². The first kappa shape index (κ1) is 24.6. The van der Waals surface area contributed by atoms with Gasteiger partial charge in [-0.25, -0.2) is 9.67 Å². The number of aromatic nitrogens is 3. The average molecular weight is 649 g/mol. The van der Waals surface area contributed by atoms with Gasteiger partial charge in [-0.3, -0.25) is 14.4 Å². The molecule has 166 valence electrons. The Morgan fingerprint density at radius 3 is 2.56 bits per heavy atom. The summed E-state index contributed by atoms with van der Waals surface area (Å²) in [6.45, 7) is 1.33. The molecule has 2 heterocycles. The Balaban J connectivity index is 2.02. The Kier molecular flexibility index (Phi) is 7.86. The normalized spacial score (nSPS) is 10.7. The molecule has 0 bridgehead atoms. The summed E-state index contributed by atoms with van der Waals surface area (Å²) in [5, 5.41) is 7.32. The Morgan fingerprint density at radius 1 is 1.19 bits per heavy atom. The third-order valence-electron chi connectivity index (χ3n) is 4.18. The summed E-state index contributed by atoms with van der Waals surface area (Å²) in [7, 11) is 1.51. The lowest BCUT2D eigenvalue weighted by Crippen LogP contribution is -2.32. The summed E-state index contributed by atoms with van der Waals surface area (Å²) < 4.78 is 2.80. The summed E-state index contributed by atoms with van der Waals surface area (Å²) >= 11 is 16.3. The molecule has 2 amide bonds. The predicted octanol–water partition coefficient (Wildman–Crippen LogP) is 5.12. The zero-order valence-electron chi connectivity index (χ0n) is 16.7. The average Bonchev–Trinajstić information content (AvgIpc) is 3.10. The standard InChI is InChI=1S/C20H15Br3ClN5O3/c1-10(30)9-28(2)20(32)12-6-11(21)7-13(22)17(12)26-19(31)15-8-16(23)27-29(15)18-14(24)4-3-5-25-18/h3-8H,9H2,1-2H3,(H,26,31). The first-order valence-corrected chi connectivity index (χ1v) is 11.8. The fraction of sp³-hybridized carbons (Fsp3) is 0.150. The lowest BCUT2D eigenvalue weighted by atomic mass is 10.1. The van der Waals surface area contributed by atoms with Crippen LogP contribution in [0.4, 0.5) is 5.69 Å². The van der Waals surface area contributed by atoms with Crippen LogP contribution in [0.2, 0.25) is 5.02 Å². The summed E-state index contributed by atoms with van der Waals surface area (Å²) in [6, 6.07) is 8.07. The van der Waals surface area contributed by atoms with Gasteiger partial charge in [-0.15, -0.1) is 0 Å². The molecular weight excluding hydrogens is 633 g/mol. The maximum Gasteiger partial charge on any atom is 0.274 e. The SMILES string of the molecule is CC(=O)CN(C)C(=O)c1cc(Br)cc(Br)c1NC(=O)c1cc(Br)nn1-c1ncccc1Cl. The number of carbonyl (C=O) groups excluding carboxylic acids is 3. The van der Waals surface area contributed by atoms with Crippen LogP contribution in [-0.2, 0) is 4.79 Å². The number of ketones is 1. The van der Waals surface area contributed by atoms with Crippen molar-refractivity contribution in [3.63, 3.8) is 0 Å². The molecule has 0 aliphatic heterocycles. The molecule has 3 rings (SSSR count). The highest BCUT2D eigenvalue weighted by Gasteiger charge is 2.24. The van der Waals surface area contributed by atoms with Crippen molar-refractivity contribution >= 4 is 82.7 Å². The van der Waals surface area contributed by atoms with E-state index in [1.165, 1.54) is 35.8 Å². The minimum Gasteiger partial charge on any atom is -0.334 e. The third kappa shape index (κ3) is 5.45. The highest BCUT2D eigenvalue weighted by Crippen LogP contribution is 2.32. The van der Waals surface area contributed by atoms with Gasteiger partial charge in [-0.2, -0.15) is 5.10 Å². The van der Waals surface area contributed by atoms with E-state index in [2.05, 4.69) is 63.2 Å². The Labute approximate surface area is 213 Å². The number of hydrogen-bond acceptors (Lipinski definition) is 5. The number of halogens is 4. The largest absolute Gasteiger partial charge is 0.334 e. The van der Waals surface area contributed by atoms with Crippen molar-refractivity contribution in [3.8, 4) is 5.82 Å². The van der Waals surface area contributed by atoms with Crippen molar-refractivity contribution in [1.29, 1.82) is 0 Å². The summed E-state index contributed by atoms with van der Waals surface area (Å²) in [6.07, 6.45) is 1.53. The van der Waals surface area contributed by atoms with Crippen LogP contribution < -0.4 is 5.32 Å². The van der Waals surface area contributed by atoms with E-state index in [9.17, 15) is 14.4 Å². The number of nitrogens with one attached hydrogen (secondary N) is 1. The molecule has 2 aromatic heterocycles. The number of pyridine rings is 1. The monoisotopic (exact) mass is 645 g/mol. The van der Waals surface area contributed by atoms with E-state index in [0.29, 0.717) is 18.6 Å². The van der Waals surface area contributed by atoms with Crippen LogP contribution in [0.3, 0.4) is 0 Å². The first-order chi connectivity index (χ1) is 15.1. The number of anilines is 1. The van der Waals surface area contributed by atoms with Crippen LogP contribution in [-0.4, -0.2) is 50.9 Å². The smallest absolute Gasteiger partial charge is 0.274 e. The van der Waals surface area contributed by atoms with E-state index in [-0.39, 0.29) is 35.1 Å². The minimum atomic E-state index is -0.545. The quantitative estimate of drug-likeness (QED) is 0.401. The van der Waals surface area contributed by atoms with Gasteiger partial charge in [0.1, 0.15) is 16.1 Å². The van der Waals surface area contributed by atoms with E-state index in [1.54, 1.807) is 24.3 Å². The summed E-state index contributed by atoms with van der Waals surface area (Å²) in [4.78, 5) is 43.1. The van der Waals surface area contributed by atoms with Gasteiger partial charge in [0.15, 0.2) is 5.82 Å². The molecule has 0 unspecified atom stereocenters. The number of benzene rings is 1. The topological polar surface area (TPSA) is 97.2 Å². The molecule has 3 aromatic rings. The van der Waals surface area contributed by atoms with Crippen LogP contribution >= 0.6 is 59.4 Å². The van der Waals surface area contributed by atoms with Crippen molar-refractivity contribution in [1.82, 2.24) is 19.7 Å². The van der Waals surface area contributed by atoms with Gasteiger partial charge in [0, 0.05) is 28.3 Å². The Morgan fingerprint density at radius 2 is 1.91 bits per heavy atom. The van der Waals surface area contributed by atoms with Crippen LogP contribution in [0.5, 0.6) is 0 Å². The van der Waals surface area contributed by atoms with E-state index < -0.39 is 11.8 Å². The second kappa shape index (κ2) is 10.2. The zero-order valence-corrected chi connectivity index (χ0v) is 22.2. The van der Waals surface area contributed by atoms with Gasteiger partial charge in [0.2, 0.25) is 0 Å². The molecule has 0 fully saturated rings. The van der Waals surface area contributed by atoms with Crippen molar-refractivity contribution in [2.24, 2.45) is 0 Å². The Hall–Kier alpha value is -2.08. The van der Waals surface area contributed by atoms with Crippen LogP contribution in [0.1, 0.15) is 27.8 Å². The molecule has 0 aliphatic carbocycles. The van der Waals surface area contributed by atoms with E-state index in [1.807, 2.05) is 0 Å². The number of rotatable bonds is 6. The fourth-order valence-corrected chi connectivity index (χ4v) is 4.77. The van der Waals surface area contributed by atoms with Crippen molar-refractivity contribution < 1.29 is 14.4 Å². The van der Waals surface area contributed by atoms with Gasteiger partial charge in [0.25, 0.3) is 11.8 Å². The van der Waals surface area contributed by atoms with Gasteiger partial charge in [0.05, 0.1) is 22.8 Å². The summed E-state index contributed by atoms with van der Waals surface area (Å²) in [5.74, 6) is -0.866. The molecule has 32 heavy (non-hydrogen) atoms. The zero-order chi connectivity index (χ0) is 23.6. The second-order valence-electron chi connectivity index (χ2n) is 6.70. The second-order valence-corrected chi connectivity index (χ2v) is 9.69. The van der Waals surface area contributed by atoms with Gasteiger partial charge >= 0.3 is 0 Å². The molecule has 0 aliphatic rings. The number of Topliss-reactive ketones (excluding diaryl/α,β-unsaturated/α-hetero) is 1. The molecule has 8 nitrogen and oxygen atoms in total. The van der Waals surface area contributed by atoms with Crippen LogP contribution in [0, 0.1) is 0 Å². The molecule has 0 saturated carbocycles. The van der Waals surface area contributed by atoms with Crippen molar-refractivity contribution in [2.45, 2.75) is 6.92 Å². The van der Waals surface area contributed by atoms with E-state index in [0.717, 1.165) is 0 Å². The number of carbonyl (C=O) groups is 3. The predicted molar refractivity (Wildman–Crippen MR) is 132 cm³/mol. The molecule has 0 atom stereocenters. The molecule has 1 aromatic carbocycles. The third-order valence-corrected chi connectivity index (χ3v) is 5.95. The molecular formula is C20H15Br3ClN5O3. The maximum atomic E-state index is 13.2. The van der Waals surface area contributed by atoms with Crippen LogP contribution in [0.25, 0.3) is 5.82 Å². The maximum absolute atomic E-state index is 13.2. The molecule has 0 radical (unpaired) electrons. The lowest BCUT2D eigenvalue weighted by molar-refractivity contribution is -0.117. The van der Waals surface area contributed by atoms with Crippen LogP contribution in [0.15, 0.2) is 50.1 Å². The fourth-order valence-electron chi connectivity index (χ4n) is 2.87. The number of amides is 2. The number of hydrogen-bond donors (Lipinski definition) is 1. The van der Waals surface area contributed by atoms with Crippen molar-refractivity contribution in [3.05, 3.63) is 66.4 Å². The minimum absolute atomic E-state index is 0.0613. The van der Waals surface area contributed by atoms with Crippen molar-refractivity contribution in [2.75, 3.05) is 18.9 Å². The number of likely N-dealkylation sites (N-methyl/N-ethyl adjacent to an activating group) is 1. The van der Waals surface area contributed by atoms with Gasteiger partial charge < -0.3 is 10.2 Å².